The molecule has 4 saturated heterocycles. The number of terminal acetylenes is 1. The number of nitrogens with one attached hydrogen (secondary N) is 1. The number of nitrogens with zero attached hydrogens (tertiary/aromatic N) is 11. The molecule has 8 heterocycles. The minimum Gasteiger partial charge on any atom is -0.471 e. The zero-order valence-corrected chi connectivity index (χ0v) is 85.7. The summed E-state index contributed by atoms with van der Waals surface area (Å²) in [6.07, 6.45) is 10.4. The number of methoxy groups -OCH3 is 4. The quantitative estimate of drug-likeness (QED) is 0.0250. The van der Waals surface area contributed by atoms with Crippen molar-refractivity contribution in [2.45, 2.75) is 212 Å². The van der Waals surface area contributed by atoms with E-state index in [9.17, 15) is 51.9 Å². The van der Waals surface area contributed by atoms with Crippen molar-refractivity contribution in [3.63, 3.8) is 0 Å². The van der Waals surface area contributed by atoms with Crippen molar-refractivity contribution in [2.75, 3.05) is 60.9 Å². The summed E-state index contributed by atoms with van der Waals surface area (Å²) in [6.45, 7) is 22.5. The number of aliphatic hydroxyl groups excluding tert-OH is 1. The fraction of sp³-hybridized carbons (Fsp3) is 0.479. The second-order valence-corrected chi connectivity index (χ2v) is 40.3. The van der Waals surface area contributed by atoms with E-state index in [2.05, 4.69) is 97.9 Å². The summed E-state index contributed by atoms with van der Waals surface area (Å²) in [7, 11) is 1.66. The van der Waals surface area contributed by atoms with Crippen LogP contribution in [0.3, 0.4) is 0 Å². The number of hydrogen-bond donors (Lipinski definition) is 2. The van der Waals surface area contributed by atoms with E-state index in [1.165, 1.54) is 55.6 Å². The van der Waals surface area contributed by atoms with Gasteiger partial charge in [0.15, 0.2) is 35.5 Å². The molecule has 139 heavy (non-hydrogen) atoms. The summed E-state index contributed by atoms with van der Waals surface area (Å²) in [5.74, 6) is 15.6. The van der Waals surface area contributed by atoms with Crippen LogP contribution >= 0.6 is 105 Å². The number of aromatic nitrogens is 8. The number of ether oxygens (including phenoxy) is 10. The van der Waals surface area contributed by atoms with Gasteiger partial charge in [-0.2, -0.15) is 0 Å². The van der Waals surface area contributed by atoms with Crippen LogP contribution in [0, 0.1) is 77.0 Å². The van der Waals surface area contributed by atoms with Gasteiger partial charge in [0.05, 0.1) is 111 Å². The maximum Gasteiger partial charge on any atom is 0.411 e. The average Bonchev–Trinajstić information content (AvgIpc) is 1.61. The number of allylic oxidation sites excluding steroid dienone is 1. The Morgan fingerprint density at radius 3 is 1.35 bits per heavy atom. The Morgan fingerprint density at radius 2 is 0.935 bits per heavy atom. The van der Waals surface area contributed by atoms with Crippen molar-refractivity contribution in [1.82, 2.24) is 59.9 Å². The molecule has 4 aliphatic heterocycles. The summed E-state index contributed by atoms with van der Waals surface area (Å²) in [5, 5.41) is 14.5. The first-order valence-electron chi connectivity index (χ1n) is 43.0. The molecule has 33 nitrogen and oxygen atoms in total. The van der Waals surface area contributed by atoms with Gasteiger partial charge in [0.2, 0.25) is 5.91 Å². The number of fused-ring (bicyclic) bond motifs is 5. The molecule has 0 unspecified atom stereocenters. The second-order valence-electron chi connectivity index (χ2n) is 35.2. The minimum absolute atomic E-state index is 0. The summed E-state index contributed by atoms with van der Waals surface area (Å²) in [4.78, 5) is 138. The molecular weight excluding hydrogens is 2010 g/mol. The molecule has 0 bridgehead atoms. The number of esters is 5. The van der Waals surface area contributed by atoms with Crippen molar-refractivity contribution in [3.8, 4) is 65.5 Å². The van der Waals surface area contributed by atoms with E-state index in [4.69, 9.17) is 142 Å². The third kappa shape index (κ3) is 33.3. The van der Waals surface area contributed by atoms with Crippen LogP contribution in [-0.4, -0.2) is 243 Å². The van der Waals surface area contributed by atoms with E-state index in [1.54, 1.807) is 115 Å². The molecule has 4 aromatic carbocycles. The van der Waals surface area contributed by atoms with Crippen LogP contribution in [0.4, 0.5) is 9.59 Å². The first-order chi connectivity index (χ1) is 64.6. The van der Waals surface area contributed by atoms with E-state index in [1.807, 2.05) is 26.8 Å². The zero-order chi connectivity index (χ0) is 101. The Morgan fingerprint density at radius 1 is 0.532 bits per heavy atom. The van der Waals surface area contributed by atoms with Crippen LogP contribution in [-0.2, 0) is 71.8 Å². The number of rotatable bonds is 19. The molecule has 0 radical (unpaired) electrons. The predicted octanol–water partition coefficient (Wildman–Crippen LogP) is 17.1. The Labute approximate surface area is 853 Å². The summed E-state index contributed by atoms with van der Waals surface area (Å²) in [6, 6.07) is 17.2. The fourth-order valence-corrected chi connectivity index (χ4v) is 17.7. The molecule has 2 N–H and O–H groups in total. The van der Waals surface area contributed by atoms with Gasteiger partial charge < -0.3 is 62.7 Å². The number of likely N-dealkylation sites (tertiary alicyclic amines) is 3. The largest absolute Gasteiger partial charge is 0.471 e. The Balaban J connectivity index is 0.000000241. The number of unbranched alkanes of at least 4 members (excludes halogenated alkanes) is 1. The Hall–Kier alpha value is -10.5. The first-order valence-corrected chi connectivity index (χ1v) is 47.9. The van der Waals surface area contributed by atoms with Gasteiger partial charge in [-0.05, 0) is 212 Å². The van der Waals surface area contributed by atoms with Crippen molar-refractivity contribution in [2.24, 2.45) is 29.1 Å². The maximum atomic E-state index is 14.1. The number of benzene rings is 4. The van der Waals surface area contributed by atoms with Crippen LogP contribution in [0.25, 0.3) is 44.1 Å². The summed E-state index contributed by atoms with van der Waals surface area (Å²) >= 11 is 48.3. The van der Waals surface area contributed by atoms with Gasteiger partial charge in [-0.1, -0.05) is 133 Å². The lowest BCUT2D eigenvalue weighted by Crippen LogP contribution is -2.48. The van der Waals surface area contributed by atoms with Crippen LogP contribution < -0.4 is 19.5 Å². The van der Waals surface area contributed by atoms with Crippen molar-refractivity contribution in [1.29, 1.82) is 0 Å². The van der Waals surface area contributed by atoms with Crippen LogP contribution in [0.2, 0.25) is 40.7 Å². The summed E-state index contributed by atoms with van der Waals surface area (Å²) < 4.78 is 76.3. The predicted molar refractivity (Wildman–Crippen MR) is 531 cm³/mol. The van der Waals surface area contributed by atoms with Crippen LogP contribution in [0.1, 0.15) is 141 Å². The van der Waals surface area contributed by atoms with Gasteiger partial charge in [-0.3, -0.25) is 24.2 Å². The van der Waals surface area contributed by atoms with Crippen molar-refractivity contribution >= 4 is 207 Å². The van der Waals surface area contributed by atoms with Gasteiger partial charge in [0.1, 0.15) is 59.8 Å². The van der Waals surface area contributed by atoms with E-state index in [-0.39, 0.29) is 145 Å². The number of carbonyl (C=O) groups is 8. The molecule has 0 spiro atoms. The molecule has 748 valence electrons. The Kier molecular flexibility index (Phi) is 43.0. The maximum absolute atomic E-state index is 14.1. The number of hydrogen-bond acceptors (Lipinski definition) is 30. The van der Waals surface area contributed by atoms with E-state index >= 15 is 0 Å². The van der Waals surface area contributed by atoms with E-state index in [0.29, 0.717) is 94.9 Å². The SMILES string of the molecule is C.C#CC#CC#CC#CC.C=CCCC[C@@H]1[C@H]2C[C@H]2C[C@H]1OC(=O)C[C@H](C(=O)N1C[C@H](Oc2nc3cc(Cl)ccc3nc2Cl)C[C@H]1C(=O)OC)C(C)(C)C.COC(=O)[C@@H]1C[C@@H](O)CN1C(=O)OC(C)(C)C.COC(=O)[C@@H]1C[C@@H](Oc2nc3cc(Cl)ccc3nc2Cl)CN1.COC(=O)[C@@H]1C[C@@H](Oc2nc3cc(Cl)ccc3nc2Cl)CN1C(=O)OC(C)(C)C.CS(=O)(=O)c1nc2cc(Cl)ccc2nc1Cl.Cl. The first kappa shape index (κ1) is 115. The topological polar surface area (TPSA) is 408 Å². The lowest BCUT2D eigenvalue weighted by Gasteiger charge is -2.34. The molecule has 4 aromatic heterocycles. The third-order valence-corrected chi connectivity index (χ3v) is 24.7. The lowest BCUT2D eigenvalue weighted by atomic mass is 9.77. The number of carbonyl (C=O) groups excluding carboxylic acids is 8. The van der Waals surface area contributed by atoms with Crippen LogP contribution in [0.15, 0.2) is 90.5 Å². The lowest BCUT2D eigenvalue weighted by molar-refractivity contribution is -0.160. The molecule has 6 aliphatic rings. The van der Waals surface area contributed by atoms with E-state index < -0.39 is 98.9 Å². The highest BCUT2D eigenvalue weighted by Crippen LogP contribution is 2.58. The van der Waals surface area contributed by atoms with Crippen molar-refractivity contribution < 1.29 is 99.2 Å². The van der Waals surface area contributed by atoms with Gasteiger partial charge in [-0.25, -0.2) is 72.3 Å². The summed E-state index contributed by atoms with van der Waals surface area (Å²) in [5.41, 5.74) is 2.36. The zero-order valence-electron chi connectivity index (χ0n) is 78.1. The second kappa shape index (κ2) is 51.8. The van der Waals surface area contributed by atoms with Crippen LogP contribution in [0.5, 0.6) is 17.6 Å². The van der Waals surface area contributed by atoms with Gasteiger partial charge >= 0.3 is 42.0 Å². The third-order valence-electron chi connectivity index (χ3n) is 21.7. The standard InChI is InChI=1S/C33H41Cl2N3O6.C19H21Cl2N3O5.C14H13Cl2N3O3.C11H19NO5.C9H6Cl2N2O2S.C9H4.CH4.ClH/c1-6-7-8-9-21-22-12-18(22)13-27(21)44-28(39)16-23(33(2,3)4)31(40)38-17-20(15-26(38)32(41)42-5)43-30-29(35)36-24-11-10-19(34)14-25(24)37-30;1-19(2,3)29-18(26)24-9-11(8-14(24)17(25)27-4)28-16-15(21)22-12-6-5-10(20)7-13(12)23-16;1-21-14(20)11-5-8(6-17-11)22-13-12(16)18-9-3-2-7(15)4-10(9)19-13;1-11(2,3)17-10(15)12-6-7(13)5-8(12)9(14)16-4;1-16(14,15)9-8(11)12-6-3-2-5(10)4-7(6)13-9;1-3-5-7-9-8-6-4-2;;/h6,10-11,14,18,20-23,26-27H,1,7-9,12-13,15-17H2,2-5H3;5-7,11,14H,8-9H2,1-4H3;2-4,8,11,17H,5-6H2,1H3;7-8,13H,5-6H2,1-4H3;2-4H,1H3;1H,2H3;1H4;1H/t18-,20+,21+,22-,23+,26-,27+;11-,14+;8-,11+;7-,8+;;;;/m0111..../s1. The van der Waals surface area contributed by atoms with Gasteiger partial charge in [0, 0.05) is 58.6 Å². The molecular formula is C96H109Cl9N12O21S. The minimum atomic E-state index is -3.49. The average molecular weight is 2120 g/mol. The smallest absolute Gasteiger partial charge is 0.411 e. The normalized spacial score (nSPS) is 20.4. The molecule has 3 amide bonds. The molecule has 43 heteroatoms. The number of aliphatic hydroxyl groups is 1. The highest BCUT2D eigenvalue weighted by molar-refractivity contribution is 7.90. The highest BCUT2D eigenvalue weighted by Gasteiger charge is 2.55. The molecule has 14 rings (SSSR count). The molecule has 8 aromatic rings. The number of β-amino-alcohol motifs (C(OH)–C–C–N with tert-alkyl or cyclic N) is 1. The van der Waals surface area contributed by atoms with Gasteiger partial charge in [-0.15, -0.1) is 25.4 Å². The monoisotopic (exact) mass is 2110 g/mol. The molecule has 6 fully saturated rings. The number of halogens is 9. The number of sulfone groups is 1. The highest BCUT2D eigenvalue weighted by atomic mass is 35.5. The van der Waals surface area contributed by atoms with E-state index in [0.717, 1.165) is 31.9 Å². The van der Waals surface area contributed by atoms with Gasteiger partial charge in [0.25, 0.3) is 17.6 Å². The van der Waals surface area contributed by atoms with Crippen molar-refractivity contribution in [3.05, 3.63) is 126 Å². The number of amides is 3. The molecule has 13 atom stereocenters. The fourth-order valence-electron chi connectivity index (χ4n) is 15.3. The molecule has 2 aliphatic carbocycles. The molecule has 2 saturated carbocycles. The Bertz CT molecular complexity index is 6190.